The number of amides is 1. The van der Waals surface area contributed by atoms with E-state index in [0.717, 1.165) is 18.4 Å². The van der Waals surface area contributed by atoms with Crippen molar-refractivity contribution in [3.8, 4) is 0 Å². The van der Waals surface area contributed by atoms with Crippen LogP contribution in [0, 0.1) is 5.92 Å². The van der Waals surface area contributed by atoms with Crippen LogP contribution in [-0.2, 0) is 16.6 Å². The summed E-state index contributed by atoms with van der Waals surface area (Å²) < 4.78 is 11.2. The summed E-state index contributed by atoms with van der Waals surface area (Å²) in [6.45, 7) is 6.40. The minimum atomic E-state index is -0.889. The molecule has 0 fully saturated rings. The fourth-order valence-electron chi connectivity index (χ4n) is 2.00. The summed E-state index contributed by atoms with van der Waals surface area (Å²) in [7, 11) is -0.889. The molecule has 1 rings (SSSR count). The summed E-state index contributed by atoms with van der Waals surface area (Å²) in [5.41, 5.74) is 1.58. The highest BCUT2D eigenvalue weighted by atomic mass is 32.2. The Morgan fingerprint density at radius 2 is 1.95 bits per heavy atom. The molecule has 20 heavy (non-hydrogen) atoms. The summed E-state index contributed by atoms with van der Waals surface area (Å²) >= 11 is 0. The maximum atomic E-state index is 12.2. The largest absolute Gasteiger partial charge is 0.350 e. The molecule has 0 aromatic heterocycles. The zero-order valence-electron chi connectivity index (χ0n) is 12.8. The fourth-order valence-corrected chi connectivity index (χ4v) is 2.65. The lowest BCUT2D eigenvalue weighted by Gasteiger charge is -2.15. The summed E-state index contributed by atoms with van der Waals surface area (Å²) in [6.07, 6.45) is 3.76. The van der Waals surface area contributed by atoms with Gasteiger partial charge in [0.15, 0.2) is 0 Å². The third-order valence-electron chi connectivity index (χ3n) is 3.11. The van der Waals surface area contributed by atoms with E-state index in [1.54, 1.807) is 12.3 Å². The number of nitrogens with one attached hydrogen (secondary N) is 1. The van der Waals surface area contributed by atoms with Crippen LogP contribution >= 0.6 is 0 Å². The minimum Gasteiger partial charge on any atom is -0.350 e. The first-order valence-corrected chi connectivity index (χ1v) is 8.81. The van der Waals surface area contributed by atoms with E-state index in [4.69, 9.17) is 0 Å². The first-order chi connectivity index (χ1) is 9.38. The number of benzene rings is 1. The van der Waals surface area contributed by atoms with Crippen molar-refractivity contribution in [2.45, 2.75) is 45.4 Å². The van der Waals surface area contributed by atoms with Crippen LogP contribution in [0.25, 0.3) is 0 Å². The van der Waals surface area contributed by atoms with Crippen molar-refractivity contribution in [2.75, 3.05) is 6.26 Å². The maximum Gasteiger partial charge on any atom is 0.251 e. The summed E-state index contributed by atoms with van der Waals surface area (Å²) in [6, 6.07) is 7.54. The lowest BCUT2D eigenvalue weighted by molar-refractivity contribution is 0.0937. The number of hydrogen-bond donors (Lipinski definition) is 1. The molecule has 0 aliphatic heterocycles. The molecule has 0 aliphatic rings. The van der Waals surface area contributed by atoms with Crippen LogP contribution in [-0.4, -0.2) is 22.4 Å². The Balaban J connectivity index is 2.60. The van der Waals surface area contributed by atoms with Gasteiger partial charge in [-0.1, -0.05) is 26.0 Å². The third-order valence-corrected chi connectivity index (χ3v) is 3.85. The van der Waals surface area contributed by atoms with Crippen LogP contribution in [0.2, 0.25) is 0 Å². The van der Waals surface area contributed by atoms with Gasteiger partial charge in [0.1, 0.15) is 0 Å². The molecule has 1 aromatic rings. The van der Waals surface area contributed by atoms with E-state index in [1.807, 2.05) is 25.1 Å². The molecule has 0 saturated heterocycles. The zero-order chi connectivity index (χ0) is 15.1. The second-order valence-electron chi connectivity index (χ2n) is 5.76. The van der Waals surface area contributed by atoms with Gasteiger partial charge in [0.2, 0.25) is 0 Å². The molecule has 0 heterocycles. The molecule has 2 atom stereocenters. The van der Waals surface area contributed by atoms with Gasteiger partial charge in [0.05, 0.1) is 0 Å². The highest BCUT2D eigenvalue weighted by Crippen LogP contribution is 2.10. The van der Waals surface area contributed by atoms with E-state index >= 15 is 0 Å². The van der Waals surface area contributed by atoms with Gasteiger partial charge in [-0.2, -0.15) is 0 Å². The van der Waals surface area contributed by atoms with Gasteiger partial charge in [-0.05, 0) is 43.4 Å². The van der Waals surface area contributed by atoms with Crippen molar-refractivity contribution in [2.24, 2.45) is 5.92 Å². The molecule has 0 radical (unpaired) electrons. The summed E-state index contributed by atoms with van der Waals surface area (Å²) in [4.78, 5) is 12.2. The molecule has 0 aliphatic carbocycles. The van der Waals surface area contributed by atoms with Crippen molar-refractivity contribution in [1.29, 1.82) is 0 Å². The molecule has 1 aromatic carbocycles. The number of hydrogen-bond acceptors (Lipinski definition) is 2. The molecular weight excluding hydrogens is 270 g/mol. The van der Waals surface area contributed by atoms with E-state index in [-0.39, 0.29) is 11.9 Å². The van der Waals surface area contributed by atoms with Gasteiger partial charge in [-0.15, -0.1) is 0 Å². The molecule has 2 unspecified atom stereocenters. The second-order valence-corrected chi connectivity index (χ2v) is 7.20. The molecule has 112 valence electrons. The normalized spacial score (nSPS) is 14.1. The Labute approximate surface area is 124 Å². The lowest BCUT2D eigenvalue weighted by atomic mass is 10.0. The van der Waals surface area contributed by atoms with Crippen molar-refractivity contribution in [1.82, 2.24) is 5.32 Å². The minimum absolute atomic E-state index is 0.0509. The number of carbonyl (C=O) groups excluding carboxylic acids is 1. The number of rotatable bonds is 7. The highest BCUT2D eigenvalue weighted by Gasteiger charge is 2.11. The third kappa shape index (κ3) is 6.33. The van der Waals surface area contributed by atoms with E-state index in [9.17, 15) is 9.00 Å². The Morgan fingerprint density at radius 3 is 2.55 bits per heavy atom. The Bertz CT molecular complexity index is 471. The lowest BCUT2D eigenvalue weighted by Crippen LogP contribution is -2.32. The Hall–Kier alpha value is -1.16. The maximum absolute atomic E-state index is 12.2. The summed E-state index contributed by atoms with van der Waals surface area (Å²) in [5.74, 6) is 1.09. The van der Waals surface area contributed by atoms with Crippen LogP contribution in [0.5, 0.6) is 0 Å². The van der Waals surface area contributed by atoms with Gasteiger partial charge < -0.3 is 5.32 Å². The van der Waals surface area contributed by atoms with Gasteiger partial charge >= 0.3 is 0 Å². The van der Waals surface area contributed by atoms with Gasteiger partial charge in [0.25, 0.3) is 5.91 Å². The molecule has 0 saturated carbocycles. The van der Waals surface area contributed by atoms with Crippen molar-refractivity contribution in [3.63, 3.8) is 0 Å². The Kier molecular flexibility index (Phi) is 6.93. The monoisotopic (exact) mass is 295 g/mol. The van der Waals surface area contributed by atoms with Gasteiger partial charge in [0, 0.05) is 34.4 Å². The van der Waals surface area contributed by atoms with Crippen LogP contribution in [0.1, 0.15) is 49.5 Å². The number of carbonyl (C=O) groups is 1. The van der Waals surface area contributed by atoms with E-state index in [1.165, 1.54) is 0 Å². The average molecular weight is 295 g/mol. The molecule has 3 nitrogen and oxygen atoms in total. The molecular formula is C16H25NO2S. The first kappa shape index (κ1) is 16.9. The topological polar surface area (TPSA) is 46.2 Å². The first-order valence-electron chi connectivity index (χ1n) is 7.08. The highest BCUT2D eigenvalue weighted by molar-refractivity contribution is 7.83. The van der Waals surface area contributed by atoms with E-state index in [2.05, 4.69) is 19.2 Å². The summed E-state index contributed by atoms with van der Waals surface area (Å²) in [5, 5.41) is 3.02. The van der Waals surface area contributed by atoms with E-state index < -0.39 is 10.8 Å². The SMILES string of the molecule is CC(C)CCC(C)NC(=O)c1cccc(CS(C)=O)c1. The van der Waals surface area contributed by atoms with Crippen molar-refractivity contribution < 1.29 is 9.00 Å². The van der Waals surface area contributed by atoms with Gasteiger partial charge in [-0.3, -0.25) is 9.00 Å². The van der Waals surface area contributed by atoms with Crippen LogP contribution < -0.4 is 5.32 Å². The average Bonchev–Trinajstić information content (AvgIpc) is 2.36. The zero-order valence-corrected chi connectivity index (χ0v) is 13.6. The van der Waals surface area contributed by atoms with Crippen molar-refractivity contribution in [3.05, 3.63) is 35.4 Å². The van der Waals surface area contributed by atoms with E-state index in [0.29, 0.717) is 17.2 Å². The molecule has 0 bridgehead atoms. The predicted molar refractivity (Wildman–Crippen MR) is 85.2 cm³/mol. The standard InChI is InChI=1S/C16H25NO2S/c1-12(2)8-9-13(3)17-16(18)15-7-5-6-14(10-15)11-20(4)19/h5-7,10,12-13H,8-9,11H2,1-4H3,(H,17,18). The van der Waals surface area contributed by atoms with Gasteiger partial charge in [-0.25, -0.2) is 0 Å². The molecule has 1 N–H and O–H groups in total. The van der Waals surface area contributed by atoms with Crippen LogP contribution in [0.4, 0.5) is 0 Å². The second kappa shape index (κ2) is 8.20. The smallest absolute Gasteiger partial charge is 0.251 e. The molecule has 4 heteroatoms. The van der Waals surface area contributed by atoms with Crippen LogP contribution in [0.3, 0.4) is 0 Å². The fraction of sp³-hybridized carbons (Fsp3) is 0.562. The quantitative estimate of drug-likeness (QED) is 0.840. The molecule has 1 amide bonds. The molecule has 0 spiro atoms. The van der Waals surface area contributed by atoms with Crippen molar-refractivity contribution >= 4 is 16.7 Å². The Morgan fingerprint density at radius 1 is 1.25 bits per heavy atom. The van der Waals surface area contributed by atoms with Crippen LogP contribution in [0.15, 0.2) is 24.3 Å². The predicted octanol–water partition coefficient (Wildman–Crippen LogP) is 3.12.